The zero-order valence-electron chi connectivity index (χ0n) is 17.2. The number of benzene rings is 2. The van der Waals surface area contributed by atoms with E-state index in [0.29, 0.717) is 11.4 Å². The summed E-state index contributed by atoms with van der Waals surface area (Å²) in [7, 11) is 0. The Morgan fingerprint density at radius 2 is 1.88 bits per heavy atom. The molecule has 5 rings (SSSR count). The second-order valence-electron chi connectivity index (χ2n) is 7.32. The van der Waals surface area contributed by atoms with Crippen LogP contribution in [0.3, 0.4) is 0 Å². The predicted octanol–water partition coefficient (Wildman–Crippen LogP) is 4.69. The van der Waals surface area contributed by atoms with E-state index in [4.69, 9.17) is 4.42 Å². The van der Waals surface area contributed by atoms with Crippen LogP contribution < -0.4 is 10.6 Å². The summed E-state index contributed by atoms with van der Waals surface area (Å²) in [5.74, 6) is 2.14. The lowest BCUT2D eigenvalue weighted by molar-refractivity contribution is 0.102. The lowest BCUT2D eigenvalue weighted by Gasteiger charge is -2.10. The molecule has 4 aromatic rings. The Bertz CT molecular complexity index is 1220. The molecule has 0 aliphatic carbocycles. The number of hydrogen-bond acceptors (Lipinski definition) is 7. The molecule has 8 heteroatoms. The number of thioether (sulfide) groups is 1. The van der Waals surface area contributed by atoms with Gasteiger partial charge >= 0.3 is 0 Å². The topological polar surface area (TPSA) is 92.9 Å². The van der Waals surface area contributed by atoms with Gasteiger partial charge in [0.1, 0.15) is 12.1 Å². The van der Waals surface area contributed by atoms with Crippen molar-refractivity contribution >= 4 is 29.2 Å². The van der Waals surface area contributed by atoms with E-state index in [0.717, 1.165) is 42.2 Å². The molecule has 0 saturated heterocycles. The van der Waals surface area contributed by atoms with Crippen LogP contribution >= 0.6 is 11.8 Å². The highest BCUT2D eigenvalue weighted by molar-refractivity contribution is 7.99. The van der Waals surface area contributed by atoms with E-state index in [9.17, 15) is 4.79 Å². The SMILES string of the molecule is O=C(Nc1ccc(CCNc2ncnc3c2SCC3)cc1)c1ncoc1-c1ccccc1. The second kappa shape index (κ2) is 9.23. The van der Waals surface area contributed by atoms with Crippen LogP contribution in [-0.2, 0) is 12.8 Å². The summed E-state index contributed by atoms with van der Waals surface area (Å²) >= 11 is 1.81. The fraction of sp³-hybridized carbons (Fsp3) is 0.167. The molecule has 2 aromatic heterocycles. The van der Waals surface area contributed by atoms with Crippen LogP contribution in [0.4, 0.5) is 11.5 Å². The van der Waals surface area contributed by atoms with Crippen LogP contribution in [0.2, 0.25) is 0 Å². The number of fused-ring (bicyclic) bond motifs is 1. The van der Waals surface area contributed by atoms with Crippen LogP contribution in [0.25, 0.3) is 11.3 Å². The highest BCUT2D eigenvalue weighted by Gasteiger charge is 2.19. The summed E-state index contributed by atoms with van der Waals surface area (Å²) in [5, 5.41) is 6.32. The summed E-state index contributed by atoms with van der Waals surface area (Å²) < 4.78 is 5.45. The molecule has 0 radical (unpaired) electrons. The van der Waals surface area contributed by atoms with E-state index in [1.807, 2.05) is 66.4 Å². The number of carbonyl (C=O) groups is 1. The van der Waals surface area contributed by atoms with Gasteiger partial charge in [0, 0.05) is 30.0 Å². The Balaban J connectivity index is 1.18. The third-order valence-corrected chi connectivity index (χ3v) is 6.33. The Morgan fingerprint density at radius 1 is 1.03 bits per heavy atom. The van der Waals surface area contributed by atoms with Gasteiger partial charge in [-0.25, -0.2) is 15.0 Å². The largest absolute Gasteiger partial charge is 0.443 e. The van der Waals surface area contributed by atoms with Gasteiger partial charge in [-0.3, -0.25) is 4.79 Å². The molecule has 1 amide bonds. The number of aryl methyl sites for hydroxylation is 1. The molecule has 160 valence electrons. The standard InChI is InChI=1S/C24H21N5O2S/c30-24(20-21(31-15-28-20)17-4-2-1-3-5-17)29-18-8-6-16(7-9-18)10-12-25-23-22-19(11-13-32-22)26-14-27-23/h1-9,14-15H,10-13H2,(H,29,30)(H,25,26,27). The quantitative estimate of drug-likeness (QED) is 0.428. The Hall–Kier alpha value is -3.65. The number of nitrogens with zero attached hydrogens (tertiary/aromatic N) is 3. The van der Waals surface area contributed by atoms with Crippen molar-refractivity contribution < 1.29 is 9.21 Å². The molecule has 0 unspecified atom stereocenters. The summed E-state index contributed by atoms with van der Waals surface area (Å²) in [5.41, 5.74) is 4.08. The zero-order valence-corrected chi connectivity index (χ0v) is 18.1. The van der Waals surface area contributed by atoms with Crippen molar-refractivity contribution in [1.82, 2.24) is 15.0 Å². The first-order chi connectivity index (χ1) is 15.8. The number of anilines is 2. The monoisotopic (exact) mass is 443 g/mol. The van der Waals surface area contributed by atoms with Crippen LogP contribution in [0.15, 0.2) is 76.6 Å². The Morgan fingerprint density at radius 3 is 2.72 bits per heavy atom. The molecule has 0 fully saturated rings. The number of amides is 1. The minimum Gasteiger partial charge on any atom is -0.443 e. The summed E-state index contributed by atoms with van der Waals surface area (Å²) in [6.07, 6.45) is 4.77. The number of aromatic nitrogens is 3. The molecule has 2 N–H and O–H groups in total. The molecule has 1 aliphatic heterocycles. The molecule has 2 aromatic carbocycles. The first-order valence-corrected chi connectivity index (χ1v) is 11.4. The summed E-state index contributed by atoms with van der Waals surface area (Å²) in [6.45, 7) is 0.773. The minimum atomic E-state index is -0.304. The molecule has 32 heavy (non-hydrogen) atoms. The number of carbonyl (C=O) groups excluding carboxylic acids is 1. The van der Waals surface area contributed by atoms with Gasteiger partial charge in [-0.05, 0) is 24.1 Å². The third-order valence-electron chi connectivity index (χ3n) is 5.20. The highest BCUT2D eigenvalue weighted by Crippen LogP contribution is 2.34. The van der Waals surface area contributed by atoms with Crippen molar-refractivity contribution in [3.05, 3.63) is 84.3 Å². The average Bonchev–Trinajstić information content (AvgIpc) is 3.51. The van der Waals surface area contributed by atoms with Gasteiger partial charge in [-0.15, -0.1) is 11.8 Å². The van der Waals surface area contributed by atoms with Gasteiger partial charge in [-0.2, -0.15) is 0 Å². The van der Waals surface area contributed by atoms with Gasteiger partial charge in [0.15, 0.2) is 17.8 Å². The third kappa shape index (κ3) is 4.36. The fourth-order valence-corrected chi connectivity index (χ4v) is 4.67. The van der Waals surface area contributed by atoms with Crippen molar-refractivity contribution in [1.29, 1.82) is 0 Å². The first-order valence-electron chi connectivity index (χ1n) is 10.4. The van der Waals surface area contributed by atoms with Gasteiger partial charge < -0.3 is 15.1 Å². The summed E-state index contributed by atoms with van der Waals surface area (Å²) in [6, 6.07) is 17.3. The molecule has 7 nitrogen and oxygen atoms in total. The lowest BCUT2D eigenvalue weighted by Crippen LogP contribution is -2.13. The Labute approximate surface area is 189 Å². The van der Waals surface area contributed by atoms with E-state index >= 15 is 0 Å². The van der Waals surface area contributed by atoms with E-state index in [1.165, 1.54) is 16.9 Å². The fourth-order valence-electron chi connectivity index (χ4n) is 3.59. The number of nitrogens with one attached hydrogen (secondary N) is 2. The van der Waals surface area contributed by atoms with Gasteiger partial charge in [-0.1, -0.05) is 42.5 Å². The molecular weight excluding hydrogens is 422 g/mol. The molecule has 0 spiro atoms. The van der Waals surface area contributed by atoms with E-state index < -0.39 is 0 Å². The molecule has 0 atom stereocenters. The maximum absolute atomic E-state index is 12.7. The van der Waals surface area contributed by atoms with Gasteiger partial charge in [0.2, 0.25) is 0 Å². The molecular formula is C24H21N5O2S. The molecule has 1 aliphatic rings. The van der Waals surface area contributed by atoms with Crippen molar-refractivity contribution in [2.45, 2.75) is 17.7 Å². The molecule has 0 bridgehead atoms. The minimum absolute atomic E-state index is 0.264. The predicted molar refractivity (Wildman–Crippen MR) is 125 cm³/mol. The van der Waals surface area contributed by atoms with Crippen LogP contribution in [0.5, 0.6) is 0 Å². The van der Waals surface area contributed by atoms with Crippen molar-refractivity contribution in [3.63, 3.8) is 0 Å². The number of hydrogen-bond donors (Lipinski definition) is 2. The maximum atomic E-state index is 12.7. The van der Waals surface area contributed by atoms with Gasteiger partial charge in [0.25, 0.3) is 5.91 Å². The zero-order chi connectivity index (χ0) is 21.8. The first kappa shape index (κ1) is 20.3. The highest BCUT2D eigenvalue weighted by atomic mass is 32.2. The van der Waals surface area contributed by atoms with Crippen LogP contribution in [0.1, 0.15) is 21.7 Å². The van der Waals surface area contributed by atoms with E-state index in [2.05, 4.69) is 25.6 Å². The average molecular weight is 444 g/mol. The normalized spacial score (nSPS) is 12.4. The maximum Gasteiger partial charge on any atom is 0.278 e. The van der Waals surface area contributed by atoms with E-state index in [-0.39, 0.29) is 11.6 Å². The Kier molecular flexibility index (Phi) is 5.85. The van der Waals surface area contributed by atoms with Crippen molar-refractivity contribution in [2.75, 3.05) is 22.9 Å². The van der Waals surface area contributed by atoms with Crippen LogP contribution in [0, 0.1) is 0 Å². The molecule has 3 heterocycles. The lowest BCUT2D eigenvalue weighted by atomic mass is 10.1. The van der Waals surface area contributed by atoms with Crippen LogP contribution in [-0.4, -0.2) is 33.2 Å². The summed E-state index contributed by atoms with van der Waals surface area (Å²) in [4.78, 5) is 26.7. The molecule has 0 saturated carbocycles. The number of oxazole rings is 1. The second-order valence-corrected chi connectivity index (χ2v) is 8.43. The van der Waals surface area contributed by atoms with Gasteiger partial charge in [0.05, 0.1) is 10.6 Å². The smallest absolute Gasteiger partial charge is 0.278 e. The number of rotatable bonds is 7. The van der Waals surface area contributed by atoms with Crippen molar-refractivity contribution in [2.24, 2.45) is 0 Å². The van der Waals surface area contributed by atoms with E-state index in [1.54, 1.807) is 6.33 Å². The van der Waals surface area contributed by atoms with Crippen molar-refractivity contribution in [3.8, 4) is 11.3 Å².